The second kappa shape index (κ2) is 13.0. The lowest BCUT2D eigenvalue weighted by Crippen LogP contribution is -2.46. The lowest BCUT2D eigenvalue weighted by molar-refractivity contribution is -0.123. The third-order valence-electron chi connectivity index (χ3n) is 4.12. The van der Waals surface area contributed by atoms with Crippen LogP contribution in [-0.2, 0) is 11.3 Å². The summed E-state index contributed by atoms with van der Waals surface area (Å²) in [6.45, 7) is 2.86. The number of amides is 1. The summed E-state index contributed by atoms with van der Waals surface area (Å²) in [4.78, 5) is 14.2. The maximum atomic E-state index is 12.2. The van der Waals surface area contributed by atoms with Crippen LogP contribution in [0.15, 0.2) is 18.2 Å². The van der Waals surface area contributed by atoms with E-state index in [0.29, 0.717) is 18.9 Å². The van der Waals surface area contributed by atoms with Crippen LogP contribution in [0.3, 0.4) is 0 Å². The Kier molecular flexibility index (Phi) is 12.4. The van der Waals surface area contributed by atoms with Gasteiger partial charge >= 0.3 is 0 Å². The molecule has 1 heterocycles. The monoisotopic (exact) mass is 407 g/mol. The van der Waals surface area contributed by atoms with Gasteiger partial charge in [-0.2, -0.15) is 0 Å². The first kappa shape index (κ1) is 24.8. The molecule has 0 saturated carbocycles. The summed E-state index contributed by atoms with van der Waals surface area (Å²) in [7, 11) is 5.64. The van der Waals surface area contributed by atoms with Crippen molar-refractivity contribution in [2.75, 3.05) is 40.9 Å². The van der Waals surface area contributed by atoms with Gasteiger partial charge in [0.1, 0.15) is 6.61 Å². The molecule has 1 saturated heterocycles. The molecule has 0 aliphatic carbocycles. The highest BCUT2D eigenvalue weighted by atomic mass is 35.5. The Labute approximate surface area is 168 Å². The molecule has 0 spiro atoms. The number of carbonyl (C=O) groups excluding carboxylic acids is 1. The minimum Gasteiger partial charge on any atom is -0.493 e. The Bertz CT molecular complexity index is 538. The van der Waals surface area contributed by atoms with Crippen molar-refractivity contribution in [3.63, 3.8) is 0 Å². The van der Waals surface area contributed by atoms with E-state index in [1.54, 1.807) is 7.11 Å². The molecule has 150 valence electrons. The van der Waals surface area contributed by atoms with Crippen LogP contribution in [0.5, 0.6) is 11.5 Å². The largest absolute Gasteiger partial charge is 0.493 e. The van der Waals surface area contributed by atoms with Gasteiger partial charge in [-0.15, -0.1) is 24.8 Å². The molecule has 0 unspecified atom stereocenters. The van der Waals surface area contributed by atoms with Crippen molar-refractivity contribution in [3.05, 3.63) is 23.8 Å². The van der Waals surface area contributed by atoms with Crippen LogP contribution >= 0.6 is 24.8 Å². The summed E-state index contributed by atoms with van der Waals surface area (Å²) >= 11 is 0. The number of ether oxygens (including phenoxy) is 2. The van der Waals surface area contributed by atoms with Gasteiger partial charge in [-0.1, -0.05) is 12.5 Å². The van der Waals surface area contributed by atoms with Crippen molar-refractivity contribution in [2.24, 2.45) is 0 Å². The van der Waals surface area contributed by atoms with Crippen LogP contribution in [0, 0.1) is 0 Å². The molecule has 26 heavy (non-hydrogen) atoms. The maximum Gasteiger partial charge on any atom is 0.237 e. The molecule has 1 aliphatic rings. The zero-order valence-electron chi connectivity index (χ0n) is 15.7. The molecule has 1 fully saturated rings. The molecule has 1 amide bonds. The second-order valence-corrected chi connectivity index (χ2v) is 6.36. The van der Waals surface area contributed by atoms with E-state index in [-0.39, 0.29) is 36.8 Å². The fourth-order valence-electron chi connectivity index (χ4n) is 2.67. The molecule has 1 aliphatic heterocycles. The fraction of sp³-hybridized carbons (Fsp3) is 0.611. The Morgan fingerprint density at radius 2 is 2.04 bits per heavy atom. The summed E-state index contributed by atoms with van der Waals surface area (Å²) in [6, 6.07) is 5.71. The number of piperidine rings is 1. The Hall–Kier alpha value is -1.21. The summed E-state index contributed by atoms with van der Waals surface area (Å²) < 4.78 is 11.2. The Balaban J connectivity index is 0.00000312. The number of likely N-dealkylation sites (N-methyl/N-ethyl adjacent to an activating group) is 1. The number of hydrogen-bond acceptors (Lipinski definition) is 5. The van der Waals surface area contributed by atoms with Crippen molar-refractivity contribution in [3.8, 4) is 11.5 Å². The highest BCUT2D eigenvalue weighted by Gasteiger charge is 2.20. The van der Waals surface area contributed by atoms with Crippen LogP contribution in [0.4, 0.5) is 0 Å². The molecule has 2 N–H and O–H groups in total. The van der Waals surface area contributed by atoms with E-state index in [2.05, 4.69) is 15.5 Å². The average Bonchev–Trinajstić information content (AvgIpc) is 2.60. The third kappa shape index (κ3) is 7.99. The van der Waals surface area contributed by atoms with E-state index in [4.69, 9.17) is 9.47 Å². The quantitative estimate of drug-likeness (QED) is 0.691. The molecule has 8 heteroatoms. The Morgan fingerprint density at radius 3 is 2.65 bits per heavy atom. The lowest BCUT2D eigenvalue weighted by Gasteiger charge is -2.22. The number of methoxy groups -OCH3 is 1. The number of rotatable bonds is 8. The van der Waals surface area contributed by atoms with Gasteiger partial charge in [0, 0.05) is 13.1 Å². The second-order valence-electron chi connectivity index (χ2n) is 6.36. The van der Waals surface area contributed by atoms with E-state index < -0.39 is 0 Å². The highest BCUT2D eigenvalue weighted by molar-refractivity contribution is 5.85. The van der Waals surface area contributed by atoms with Crippen LogP contribution in [0.2, 0.25) is 0 Å². The van der Waals surface area contributed by atoms with Gasteiger partial charge in [0.05, 0.1) is 13.2 Å². The number of halogens is 2. The van der Waals surface area contributed by atoms with Gasteiger partial charge in [-0.25, -0.2) is 0 Å². The zero-order valence-corrected chi connectivity index (χ0v) is 17.4. The van der Waals surface area contributed by atoms with E-state index >= 15 is 0 Å². The number of benzene rings is 1. The van der Waals surface area contributed by atoms with Gasteiger partial charge in [0.2, 0.25) is 5.91 Å². The lowest BCUT2D eigenvalue weighted by atomic mass is 10.0. The number of hydrogen-bond donors (Lipinski definition) is 2. The molecule has 2 rings (SSSR count). The standard InChI is InChI=1S/C18H29N3O3.2ClH/c1-21(2)10-11-24-16-8-7-14(12-17(16)23-3)13-20-18(22)15-6-4-5-9-19-15;;/h7-8,12,15,19H,4-6,9-11,13H2,1-3H3,(H,20,22);2*1H/t15-;;/m1../s1. The first-order chi connectivity index (χ1) is 11.6. The van der Waals surface area contributed by atoms with E-state index in [9.17, 15) is 4.79 Å². The summed E-state index contributed by atoms with van der Waals surface area (Å²) in [5, 5.41) is 6.25. The molecular weight excluding hydrogens is 377 g/mol. The van der Waals surface area contributed by atoms with Gasteiger partial charge in [-0.05, 0) is 51.2 Å². The minimum atomic E-state index is -0.0608. The van der Waals surface area contributed by atoms with Crippen molar-refractivity contribution in [1.29, 1.82) is 0 Å². The predicted octanol–water partition coefficient (Wildman–Crippen LogP) is 2.24. The molecule has 0 aromatic heterocycles. The van der Waals surface area contributed by atoms with Gasteiger partial charge < -0.3 is 25.0 Å². The van der Waals surface area contributed by atoms with Crippen LogP contribution in [0.25, 0.3) is 0 Å². The molecular formula is C18H31Cl2N3O3. The topological polar surface area (TPSA) is 62.8 Å². The van der Waals surface area contributed by atoms with Crippen molar-refractivity contribution < 1.29 is 14.3 Å². The third-order valence-corrected chi connectivity index (χ3v) is 4.12. The SMILES string of the molecule is COc1cc(CNC(=O)[C@H]2CCCCN2)ccc1OCCN(C)C.Cl.Cl. The molecule has 0 bridgehead atoms. The van der Waals surface area contributed by atoms with Gasteiger partial charge in [-0.3, -0.25) is 4.79 Å². The van der Waals surface area contributed by atoms with Gasteiger partial charge in [0.25, 0.3) is 0 Å². The smallest absolute Gasteiger partial charge is 0.237 e. The van der Waals surface area contributed by atoms with Crippen LogP contribution in [-0.4, -0.2) is 57.8 Å². The summed E-state index contributed by atoms with van der Waals surface area (Å²) in [6.07, 6.45) is 3.17. The van der Waals surface area contributed by atoms with Crippen molar-refractivity contribution >= 4 is 30.7 Å². The van der Waals surface area contributed by atoms with E-state index in [1.807, 2.05) is 32.3 Å². The zero-order chi connectivity index (χ0) is 17.4. The number of nitrogens with zero attached hydrogens (tertiary/aromatic N) is 1. The molecule has 1 aromatic carbocycles. The highest BCUT2D eigenvalue weighted by Crippen LogP contribution is 2.28. The average molecular weight is 408 g/mol. The molecule has 0 radical (unpaired) electrons. The van der Waals surface area contributed by atoms with E-state index in [0.717, 1.165) is 43.7 Å². The fourth-order valence-corrected chi connectivity index (χ4v) is 2.67. The van der Waals surface area contributed by atoms with Crippen molar-refractivity contribution in [1.82, 2.24) is 15.5 Å². The Morgan fingerprint density at radius 1 is 1.27 bits per heavy atom. The summed E-state index contributed by atoms with van der Waals surface area (Å²) in [5.74, 6) is 1.49. The minimum absolute atomic E-state index is 0. The van der Waals surface area contributed by atoms with Gasteiger partial charge in [0.15, 0.2) is 11.5 Å². The van der Waals surface area contributed by atoms with E-state index in [1.165, 1.54) is 0 Å². The molecule has 1 aromatic rings. The maximum absolute atomic E-state index is 12.2. The number of carbonyl (C=O) groups is 1. The van der Waals surface area contributed by atoms with Crippen LogP contribution in [0.1, 0.15) is 24.8 Å². The molecule has 1 atom stereocenters. The van der Waals surface area contributed by atoms with Crippen molar-refractivity contribution in [2.45, 2.75) is 31.8 Å². The predicted molar refractivity (Wildman–Crippen MR) is 109 cm³/mol. The number of nitrogens with one attached hydrogen (secondary N) is 2. The first-order valence-electron chi connectivity index (χ1n) is 8.55. The molecule has 6 nitrogen and oxygen atoms in total. The van der Waals surface area contributed by atoms with Crippen LogP contribution < -0.4 is 20.1 Å². The normalized spacial score (nSPS) is 16.2. The first-order valence-corrected chi connectivity index (χ1v) is 8.55. The summed E-state index contributed by atoms with van der Waals surface area (Å²) in [5.41, 5.74) is 0.996.